The molecule has 0 bridgehead atoms. The maximum absolute atomic E-state index is 13.2. The second kappa shape index (κ2) is 5.42. The van der Waals surface area contributed by atoms with Crippen LogP contribution in [-0.2, 0) is 6.18 Å². The standard InChI is InChI=1S/C14H10ClF4N/c15-11-4-2-1-3-9(11)13(20)8-5-6-12(16)10(7-8)14(17,18)19/h1-7,13H,20H2. The van der Waals surface area contributed by atoms with Gasteiger partial charge in [0, 0.05) is 5.02 Å². The van der Waals surface area contributed by atoms with Crippen LogP contribution >= 0.6 is 11.6 Å². The molecule has 0 aliphatic carbocycles. The molecule has 0 spiro atoms. The highest BCUT2D eigenvalue weighted by atomic mass is 35.5. The summed E-state index contributed by atoms with van der Waals surface area (Å²) in [6.07, 6.45) is -4.76. The Labute approximate surface area is 118 Å². The Morgan fingerprint density at radius 2 is 1.70 bits per heavy atom. The highest BCUT2D eigenvalue weighted by molar-refractivity contribution is 6.31. The van der Waals surface area contributed by atoms with Crippen molar-refractivity contribution in [1.82, 2.24) is 0 Å². The molecule has 2 aromatic carbocycles. The molecule has 2 aromatic rings. The highest BCUT2D eigenvalue weighted by Crippen LogP contribution is 2.34. The molecule has 2 N–H and O–H groups in total. The minimum atomic E-state index is -4.76. The van der Waals surface area contributed by atoms with E-state index in [0.717, 1.165) is 6.07 Å². The topological polar surface area (TPSA) is 26.0 Å². The zero-order valence-corrected chi connectivity index (χ0v) is 10.8. The fourth-order valence-electron chi connectivity index (χ4n) is 1.86. The molecule has 1 nitrogen and oxygen atoms in total. The SMILES string of the molecule is NC(c1ccc(F)c(C(F)(F)F)c1)c1ccccc1Cl. The molecule has 0 aliphatic heterocycles. The van der Waals surface area contributed by atoms with Crippen molar-refractivity contribution in [3.63, 3.8) is 0 Å². The van der Waals surface area contributed by atoms with Gasteiger partial charge in [0.15, 0.2) is 0 Å². The number of halogens is 5. The van der Waals surface area contributed by atoms with E-state index < -0.39 is 23.6 Å². The maximum Gasteiger partial charge on any atom is 0.419 e. The Balaban J connectivity index is 2.46. The summed E-state index contributed by atoms with van der Waals surface area (Å²) in [6, 6.07) is 8.40. The Hall–Kier alpha value is -1.59. The molecular formula is C14H10ClF4N. The van der Waals surface area contributed by atoms with E-state index in [1.54, 1.807) is 24.3 Å². The Bertz CT molecular complexity index is 625. The molecule has 0 aromatic heterocycles. The van der Waals surface area contributed by atoms with Crippen molar-refractivity contribution in [2.45, 2.75) is 12.2 Å². The van der Waals surface area contributed by atoms with Crippen molar-refractivity contribution in [3.8, 4) is 0 Å². The number of nitrogens with two attached hydrogens (primary N) is 1. The third kappa shape index (κ3) is 2.94. The Morgan fingerprint density at radius 3 is 2.30 bits per heavy atom. The molecule has 0 saturated heterocycles. The van der Waals surface area contributed by atoms with Crippen molar-refractivity contribution >= 4 is 11.6 Å². The summed E-state index contributed by atoms with van der Waals surface area (Å²) in [5.41, 5.74) is 5.20. The number of alkyl halides is 3. The normalized spacial score (nSPS) is 13.3. The van der Waals surface area contributed by atoms with Crippen molar-refractivity contribution in [2.75, 3.05) is 0 Å². The summed E-state index contributed by atoms with van der Waals surface area (Å²) in [4.78, 5) is 0. The minimum absolute atomic E-state index is 0.145. The quantitative estimate of drug-likeness (QED) is 0.810. The predicted molar refractivity (Wildman–Crippen MR) is 68.9 cm³/mol. The first-order valence-electron chi connectivity index (χ1n) is 5.67. The average molecular weight is 304 g/mol. The molecule has 1 unspecified atom stereocenters. The molecule has 20 heavy (non-hydrogen) atoms. The Kier molecular flexibility index (Phi) is 4.01. The van der Waals surface area contributed by atoms with Crippen LogP contribution in [0.15, 0.2) is 42.5 Å². The molecule has 2 rings (SSSR count). The van der Waals surface area contributed by atoms with Gasteiger partial charge in [-0.3, -0.25) is 0 Å². The van der Waals surface area contributed by atoms with E-state index in [-0.39, 0.29) is 5.56 Å². The number of benzene rings is 2. The zero-order valence-electron chi connectivity index (χ0n) is 10.1. The summed E-state index contributed by atoms with van der Waals surface area (Å²) < 4.78 is 51.2. The van der Waals surface area contributed by atoms with Gasteiger partial charge in [-0.1, -0.05) is 35.9 Å². The largest absolute Gasteiger partial charge is 0.419 e. The first-order valence-corrected chi connectivity index (χ1v) is 6.05. The van der Waals surface area contributed by atoms with Gasteiger partial charge in [-0.2, -0.15) is 13.2 Å². The van der Waals surface area contributed by atoms with Crippen LogP contribution in [0.4, 0.5) is 17.6 Å². The summed E-state index contributed by atoms with van der Waals surface area (Å²) in [6.45, 7) is 0. The first-order chi connectivity index (χ1) is 9.30. The van der Waals surface area contributed by atoms with E-state index in [2.05, 4.69) is 0 Å². The van der Waals surface area contributed by atoms with Crippen molar-refractivity contribution in [1.29, 1.82) is 0 Å². The van der Waals surface area contributed by atoms with Gasteiger partial charge >= 0.3 is 6.18 Å². The van der Waals surface area contributed by atoms with Crippen molar-refractivity contribution in [2.24, 2.45) is 5.73 Å². The van der Waals surface area contributed by atoms with E-state index >= 15 is 0 Å². The lowest BCUT2D eigenvalue weighted by Crippen LogP contribution is -2.15. The lowest BCUT2D eigenvalue weighted by atomic mass is 9.97. The molecule has 106 valence electrons. The minimum Gasteiger partial charge on any atom is -0.320 e. The first kappa shape index (κ1) is 14.8. The molecular weight excluding hydrogens is 294 g/mol. The summed E-state index contributed by atoms with van der Waals surface area (Å²) in [5, 5.41) is 0.345. The fourth-order valence-corrected chi connectivity index (χ4v) is 2.11. The maximum atomic E-state index is 13.2. The van der Waals surface area contributed by atoms with E-state index in [9.17, 15) is 17.6 Å². The average Bonchev–Trinajstić information content (AvgIpc) is 2.37. The van der Waals surface area contributed by atoms with E-state index in [1.807, 2.05) is 0 Å². The van der Waals surface area contributed by atoms with Crippen LogP contribution < -0.4 is 5.73 Å². The van der Waals surface area contributed by atoms with Crippen LogP contribution in [0.25, 0.3) is 0 Å². The van der Waals surface area contributed by atoms with Crippen LogP contribution in [0.3, 0.4) is 0 Å². The summed E-state index contributed by atoms with van der Waals surface area (Å²) in [7, 11) is 0. The smallest absolute Gasteiger partial charge is 0.320 e. The van der Waals surface area contributed by atoms with E-state index in [1.165, 1.54) is 6.07 Å². The predicted octanol–water partition coefficient (Wildman–Crippen LogP) is 4.55. The van der Waals surface area contributed by atoms with Gasteiger partial charge in [-0.15, -0.1) is 0 Å². The van der Waals surface area contributed by atoms with Gasteiger partial charge in [0.25, 0.3) is 0 Å². The molecule has 0 aliphatic rings. The van der Waals surface area contributed by atoms with Crippen molar-refractivity contribution in [3.05, 3.63) is 70.0 Å². The third-order valence-corrected chi connectivity index (χ3v) is 3.24. The monoisotopic (exact) mass is 303 g/mol. The Morgan fingerprint density at radius 1 is 1.05 bits per heavy atom. The molecule has 0 radical (unpaired) electrons. The summed E-state index contributed by atoms with van der Waals surface area (Å²) >= 11 is 5.95. The van der Waals surface area contributed by atoms with Crippen LogP contribution in [0.5, 0.6) is 0 Å². The zero-order chi connectivity index (χ0) is 14.9. The molecule has 1 atom stereocenters. The number of rotatable bonds is 2. The molecule has 0 fully saturated rings. The van der Waals surface area contributed by atoms with Crippen LogP contribution in [-0.4, -0.2) is 0 Å². The van der Waals surface area contributed by atoms with Gasteiger partial charge < -0.3 is 5.73 Å². The van der Waals surface area contributed by atoms with Crippen molar-refractivity contribution < 1.29 is 17.6 Å². The van der Waals surface area contributed by atoms with E-state index in [0.29, 0.717) is 16.7 Å². The second-order valence-electron chi connectivity index (χ2n) is 4.24. The van der Waals surface area contributed by atoms with Gasteiger partial charge in [0.05, 0.1) is 11.6 Å². The molecule has 6 heteroatoms. The highest BCUT2D eigenvalue weighted by Gasteiger charge is 2.34. The third-order valence-electron chi connectivity index (χ3n) is 2.90. The van der Waals surface area contributed by atoms with Crippen LogP contribution in [0.1, 0.15) is 22.7 Å². The molecule has 0 saturated carbocycles. The van der Waals surface area contributed by atoms with Gasteiger partial charge in [0.1, 0.15) is 5.82 Å². The number of hydrogen-bond acceptors (Lipinski definition) is 1. The lowest BCUT2D eigenvalue weighted by molar-refractivity contribution is -0.140. The molecule has 0 amide bonds. The van der Waals surface area contributed by atoms with Gasteiger partial charge in [0.2, 0.25) is 0 Å². The van der Waals surface area contributed by atoms with E-state index in [4.69, 9.17) is 17.3 Å². The van der Waals surface area contributed by atoms with Crippen LogP contribution in [0.2, 0.25) is 5.02 Å². The van der Waals surface area contributed by atoms with Gasteiger partial charge in [-0.25, -0.2) is 4.39 Å². The second-order valence-corrected chi connectivity index (χ2v) is 4.64. The van der Waals surface area contributed by atoms with Crippen LogP contribution in [0, 0.1) is 5.82 Å². The van der Waals surface area contributed by atoms with Gasteiger partial charge in [-0.05, 0) is 29.3 Å². The fraction of sp³-hybridized carbons (Fsp3) is 0.143. The summed E-state index contributed by atoms with van der Waals surface area (Å²) in [5.74, 6) is -1.33. The number of hydrogen-bond donors (Lipinski definition) is 1. The molecule has 0 heterocycles. The lowest BCUT2D eigenvalue weighted by Gasteiger charge is -2.16.